The van der Waals surface area contributed by atoms with E-state index in [-0.39, 0.29) is 22.8 Å². The third-order valence-electron chi connectivity index (χ3n) is 5.77. The highest BCUT2D eigenvalue weighted by atomic mass is 16.5. The molecule has 1 aromatic heterocycles. The van der Waals surface area contributed by atoms with Crippen LogP contribution in [0, 0.1) is 13.8 Å². The van der Waals surface area contributed by atoms with E-state index in [0.29, 0.717) is 23.7 Å². The summed E-state index contributed by atoms with van der Waals surface area (Å²) in [5, 5.41) is 33.9. The Morgan fingerprint density at radius 2 is 1.84 bits per heavy atom. The third-order valence-corrected chi connectivity index (χ3v) is 5.77. The van der Waals surface area contributed by atoms with Crippen LogP contribution in [-0.4, -0.2) is 31.1 Å². The van der Waals surface area contributed by atoms with E-state index in [1.807, 2.05) is 13.8 Å². The quantitative estimate of drug-likeness (QED) is 0.524. The highest BCUT2D eigenvalue weighted by Gasteiger charge is 2.32. The SMILES string of the molecule is Cc1c(C)c2c(c(Cc3noc(/C=C/c4ccc(O)c(O)c4)n3)c1O)CCC(C)(C)O2. The summed E-state index contributed by atoms with van der Waals surface area (Å²) in [6.07, 6.45) is 5.32. The fraction of sp³-hybridized carbons (Fsp3) is 0.333. The van der Waals surface area contributed by atoms with Crippen LogP contribution in [0.1, 0.15) is 59.8 Å². The van der Waals surface area contributed by atoms with Gasteiger partial charge in [-0.05, 0) is 75.4 Å². The van der Waals surface area contributed by atoms with E-state index >= 15 is 0 Å². The minimum atomic E-state index is -0.245. The molecule has 0 spiro atoms. The predicted molar refractivity (Wildman–Crippen MR) is 116 cm³/mol. The largest absolute Gasteiger partial charge is 0.507 e. The van der Waals surface area contributed by atoms with Crippen molar-refractivity contribution in [3.63, 3.8) is 0 Å². The zero-order valence-corrected chi connectivity index (χ0v) is 18.1. The van der Waals surface area contributed by atoms with E-state index in [0.717, 1.165) is 40.8 Å². The summed E-state index contributed by atoms with van der Waals surface area (Å²) in [4.78, 5) is 4.40. The number of hydrogen-bond donors (Lipinski definition) is 3. The van der Waals surface area contributed by atoms with Gasteiger partial charge in [0.1, 0.15) is 17.1 Å². The van der Waals surface area contributed by atoms with Gasteiger partial charge in [0.05, 0.1) is 0 Å². The lowest BCUT2D eigenvalue weighted by Gasteiger charge is -2.35. The Balaban J connectivity index is 1.61. The molecule has 0 radical (unpaired) electrons. The van der Waals surface area contributed by atoms with Gasteiger partial charge < -0.3 is 24.6 Å². The first-order valence-corrected chi connectivity index (χ1v) is 10.2. The van der Waals surface area contributed by atoms with Crippen molar-refractivity contribution in [2.24, 2.45) is 0 Å². The first-order valence-electron chi connectivity index (χ1n) is 10.2. The van der Waals surface area contributed by atoms with Gasteiger partial charge in [-0.3, -0.25) is 0 Å². The Labute approximate surface area is 180 Å². The lowest BCUT2D eigenvalue weighted by atomic mass is 9.86. The van der Waals surface area contributed by atoms with Crippen molar-refractivity contribution in [3.8, 4) is 23.0 Å². The van der Waals surface area contributed by atoms with Crippen LogP contribution >= 0.6 is 0 Å². The zero-order valence-electron chi connectivity index (χ0n) is 18.1. The number of fused-ring (bicyclic) bond motifs is 1. The molecule has 0 atom stereocenters. The molecule has 0 saturated carbocycles. The summed E-state index contributed by atoms with van der Waals surface area (Å²) >= 11 is 0. The topological polar surface area (TPSA) is 109 Å². The monoisotopic (exact) mass is 422 g/mol. The Morgan fingerprint density at radius 3 is 2.58 bits per heavy atom. The molecule has 3 aromatic rings. The van der Waals surface area contributed by atoms with Crippen LogP contribution in [-0.2, 0) is 12.8 Å². The molecule has 0 amide bonds. The molecule has 7 nitrogen and oxygen atoms in total. The van der Waals surface area contributed by atoms with Crippen molar-refractivity contribution in [2.75, 3.05) is 0 Å². The molecule has 3 N–H and O–H groups in total. The number of hydrogen-bond acceptors (Lipinski definition) is 7. The zero-order chi connectivity index (χ0) is 22.3. The van der Waals surface area contributed by atoms with Crippen LogP contribution in [0.2, 0.25) is 0 Å². The maximum atomic E-state index is 10.8. The molecule has 162 valence electrons. The predicted octanol–water partition coefficient (Wildman–Crippen LogP) is 4.67. The number of rotatable bonds is 4. The summed E-state index contributed by atoms with van der Waals surface area (Å²) in [7, 11) is 0. The van der Waals surface area contributed by atoms with Gasteiger partial charge in [-0.15, -0.1) is 0 Å². The average Bonchev–Trinajstić information content (AvgIpc) is 3.17. The van der Waals surface area contributed by atoms with Crippen LogP contribution in [0.3, 0.4) is 0 Å². The molecule has 0 aliphatic carbocycles. The number of benzene rings is 2. The smallest absolute Gasteiger partial charge is 0.250 e. The number of aromatic nitrogens is 2. The van der Waals surface area contributed by atoms with E-state index in [1.54, 1.807) is 18.2 Å². The molecule has 31 heavy (non-hydrogen) atoms. The van der Waals surface area contributed by atoms with E-state index in [2.05, 4.69) is 24.0 Å². The van der Waals surface area contributed by atoms with Crippen molar-refractivity contribution >= 4 is 12.2 Å². The van der Waals surface area contributed by atoms with E-state index < -0.39 is 0 Å². The third kappa shape index (κ3) is 4.08. The molecular formula is C24H26N2O5. The molecule has 0 unspecified atom stereocenters. The molecule has 0 bridgehead atoms. The van der Waals surface area contributed by atoms with Crippen LogP contribution in [0.25, 0.3) is 12.2 Å². The van der Waals surface area contributed by atoms with Gasteiger partial charge in [0.15, 0.2) is 17.3 Å². The average molecular weight is 422 g/mol. The number of phenols is 3. The van der Waals surface area contributed by atoms with Crippen LogP contribution in [0.4, 0.5) is 0 Å². The minimum Gasteiger partial charge on any atom is -0.507 e. The van der Waals surface area contributed by atoms with Crippen LogP contribution in [0.15, 0.2) is 22.7 Å². The second kappa shape index (κ2) is 7.65. The van der Waals surface area contributed by atoms with Gasteiger partial charge >= 0.3 is 0 Å². The number of phenolic OH excluding ortho intramolecular Hbond substituents is 3. The molecule has 0 saturated heterocycles. The van der Waals surface area contributed by atoms with Crippen molar-refractivity contribution < 1.29 is 24.6 Å². The van der Waals surface area contributed by atoms with Crippen molar-refractivity contribution in [1.29, 1.82) is 0 Å². The van der Waals surface area contributed by atoms with Crippen molar-refractivity contribution in [2.45, 2.75) is 52.6 Å². The summed E-state index contributed by atoms with van der Waals surface area (Å²) in [5.41, 5.74) is 3.95. The second-order valence-electron chi connectivity index (χ2n) is 8.55. The molecule has 4 rings (SSSR count). The highest BCUT2D eigenvalue weighted by molar-refractivity contribution is 5.67. The van der Waals surface area contributed by atoms with Gasteiger partial charge in [-0.1, -0.05) is 11.2 Å². The first kappa shape index (κ1) is 20.8. The minimum absolute atomic E-state index is 0.180. The Kier molecular flexibility index (Phi) is 5.13. The summed E-state index contributed by atoms with van der Waals surface area (Å²) in [5.74, 6) is 1.48. The molecule has 1 aliphatic heterocycles. The molecule has 0 fully saturated rings. The maximum absolute atomic E-state index is 10.8. The normalized spacial score (nSPS) is 15.1. The fourth-order valence-corrected chi connectivity index (χ4v) is 3.80. The summed E-state index contributed by atoms with van der Waals surface area (Å²) in [6, 6.07) is 4.50. The molecule has 2 aromatic carbocycles. The molecule has 2 heterocycles. The standard InChI is InChI=1S/C24H26N2O5/c1-13-14(2)23-16(9-10-24(3,4)30-23)17(22(13)29)12-20-25-21(31-26-20)8-6-15-5-7-18(27)19(28)11-15/h5-8,11,27-29H,9-10,12H2,1-4H3/b8-6+. The van der Waals surface area contributed by atoms with E-state index in [9.17, 15) is 15.3 Å². The fourth-order valence-electron chi connectivity index (χ4n) is 3.80. The highest BCUT2D eigenvalue weighted by Crippen LogP contribution is 2.44. The lowest BCUT2D eigenvalue weighted by molar-refractivity contribution is 0.0830. The first-order chi connectivity index (χ1) is 14.6. The van der Waals surface area contributed by atoms with Gasteiger partial charge in [-0.2, -0.15) is 4.98 Å². The molecular weight excluding hydrogens is 396 g/mol. The Bertz CT molecular complexity index is 1180. The molecule has 1 aliphatic rings. The number of ether oxygens (including phenoxy) is 1. The van der Waals surface area contributed by atoms with E-state index in [1.165, 1.54) is 12.1 Å². The van der Waals surface area contributed by atoms with Gasteiger partial charge in [0, 0.05) is 23.6 Å². The summed E-state index contributed by atoms with van der Waals surface area (Å²) in [6.45, 7) is 8.00. The maximum Gasteiger partial charge on any atom is 0.250 e. The van der Waals surface area contributed by atoms with Crippen LogP contribution in [0.5, 0.6) is 23.0 Å². The van der Waals surface area contributed by atoms with E-state index in [4.69, 9.17) is 9.26 Å². The Hall–Kier alpha value is -3.48. The second-order valence-corrected chi connectivity index (χ2v) is 8.55. The van der Waals surface area contributed by atoms with Gasteiger partial charge in [-0.25, -0.2) is 0 Å². The summed E-state index contributed by atoms with van der Waals surface area (Å²) < 4.78 is 11.6. The lowest BCUT2D eigenvalue weighted by Crippen LogP contribution is -2.33. The van der Waals surface area contributed by atoms with Gasteiger partial charge in [0.25, 0.3) is 5.89 Å². The van der Waals surface area contributed by atoms with Crippen molar-refractivity contribution in [1.82, 2.24) is 10.1 Å². The molecule has 7 heteroatoms. The van der Waals surface area contributed by atoms with Crippen LogP contribution < -0.4 is 4.74 Å². The number of nitrogens with zero attached hydrogens (tertiary/aromatic N) is 2. The number of aromatic hydroxyl groups is 3. The van der Waals surface area contributed by atoms with Crippen molar-refractivity contribution in [3.05, 3.63) is 57.7 Å². The Morgan fingerprint density at radius 1 is 1.06 bits per heavy atom. The van der Waals surface area contributed by atoms with Gasteiger partial charge in [0.2, 0.25) is 0 Å².